The summed E-state index contributed by atoms with van der Waals surface area (Å²) in [5.41, 5.74) is -0.645. The first-order valence-corrected chi connectivity index (χ1v) is 8.87. The molecule has 1 heterocycles. The normalized spacial score (nSPS) is 21.4. The van der Waals surface area contributed by atoms with Crippen molar-refractivity contribution in [3.05, 3.63) is 34.3 Å². The van der Waals surface area contributed by atoms with Crippen molar-refractivity contribution in [1.82, 2.24) is 4.90 Å². The molecule has 0 bridgehead atoms. The largest absolute Gasteiger partial charge is 0.481 e. The van der Waals surface area contributed by atoms with Crippen molar-refractivity contribution in [2.75, 3.05) is 13.1 Å². The van der Waals surface area contributed by atoms with E-state index in [0.717, 1.165) is 10.0 Å². The average molecular weight is 398 g/mol. The van der Waals surface area contributed by atoms with Crippen LogP contribution in [0.4, 0.5) is 4.79 Å². The van der Waals surface area contributed by atoms with E-state index in [1.54, 1.807) is 20.8 Å². The molecule has 1 aliphatic rings. The fourth-order valence-electron chi connectivity index (χ4n) is 3.01. The van der Waals surface area contributed by atoms with Crippen LogP contribution in [0.15, 0.2) is 28.7 Å². The fraction of sp³-hybridized carbons (Fsp3) is 0.556. The third kappa shape index (κ3) is 4.50. The molecule has 1 fully saturated rings. The third-order valence-electron chi connectivity index (χ3n) is 4.17. The fourth-order valence-corrected chi connectivity index (χ4v) is 3.44. The van der Waals surface area contributed by atoms with E-state index in [1.165, 1.54) is 4.90 Å². The standard InChI is InChI=1S/C18H24BrNO4/c1-17(2,3)24-16(23)20-10-6-9-18(12-20,15(21)22)11-13-7-4-5-8-14(13)19/h4-5,7-8H,6,9-12H2,1-3H3,(H,21,22). The minimum Gasteiger partial charge on any atom is -0.481 e. The van der Waals surface area contributed by atoms with Crippen molar-refractivity contribution >= 4 is 28.0 Å². The molecule has 132 valence electrons. The first-order chi connectivity index (χ1) is 11.1. The predicted octanol–water partition coefficient (Wildman–Crippen LogP) is 4.09. The number of carbonyl (C=O) groups is 2. The summed E-state index contributed by atoms with van der Waals surface area (Å²) in [6, 6.07) is 7.61. The predicted molar refractivity (Wildman–Crippen MR) is 95.0 cm³/mol. The molecule has 1 unspecified atom stereocenters. The zero-order chi connectivity index (χ0) is 18.0. The summed E-state index contributed by atoms with van der Waals surface area (Å²) in [5, 5.41) is 9.88. The number of carbonyl (C=O) groups excluding carboxylic acids is 1. The molecule has 1 aromatic carbocycles. The van der Waals surface area contributed by atoms with Gasteiger partial charge < -0.3 is 14.7 Å². The van der Waals surface area contributed by atoms with Crippen molar-refractivity contribution in [2.45, 2.75) is 45.6 Å². The smallest absolute Gasteiger partial charge is 0.410 e. The number of benzene rings is 1. The Hall–Kier alpha value is -1.56. The lowest BCUT2D eigenvalue weighted by molar-refractivity contribution is -0.152. The Morgan fingerprint density at radius 2 is 2.00 bits per heavy atom. The summed E-state index contributed by atoms with van der Waals surface area (Å²) < 4.78 is 6.30. The van der Waals surface area contributed by atoms with Crippen LogP contribution in [0.5, 0.6) is 0 Å². The number of amides is 1. The van der Waals surface area contributed by atoms with Gasteiger partial charge in [0.25, 0.3) is 0 Å². The summed E-state index contributed by atoms with van der Waals surface area (Å²) in [6.45, 7) is 6.11. The summed E-state index contributed by atoms with van der Waals surface area (Å²) >= 11 is 3.48. The monoisotopic (exact) mass is 397 g/mol. The second kappa shape index (κ2) is 7.13. The van der Waals surface area contributed by atoms with E-state index < -0.39 is 23.1 Å². The number of hydrogen-bond acceptors (Lipinski definition) is 3. The number of aliphatic carboxylic acids is 1. The Bertz CT molecular complexity index is 626. The van der Waals surface area contributed by atoms with Crippen LogP contribution in [-0.4, -0.2) is 40.8 Å². The van der Waals surface area contributed by atoms with Gasteiger partial charge in [0.05, 0.1) is 5.41 Å². The number of piperidine rings is 1. The Morgan fingerprint density at radius 1 is 1.33 bits per heavy atom. The van der Waals surface area contributed by atoms with Crippen LogP contribution in [0.1, 0.15) is 39.2 Å². The molecule has 0 radical (unpaired) electrons. The molecule has 24 heavy (non-hydrogen) atoms. The molecule has 1 atom stereocenters. The Labute approximate surface area is 151 Å². The minimum atomic E-state index is -0.987. The molecule has 2 rings (SSSR count). The lowest BCUT2D eigenvalue weighted by Crippen LogP contribution is -2.52. The molecule has 5 nitrogen and oxygen atoms in total. The van der Waals surface area contributed by atoms with Gasteiger partial charge in [0, 0.05) is 17.6 Å². The molecule has 0 saturated carbocycles. The van der Waals surface area contributed by atoms with Gasteiger partial charge in [-0.2, -0.15) is 0 Å². The number of likely N-dealkylation sites (tertiary alicyclic amines) is 1. The van der Waals surface area contributed by atoms with E-state index >= 15 is 0 Å². The van der Waals surface area contributed by atoms with Crippen molar-refractivity contribution < 1.29 is 19.4 Å². The molecule has 1 amide bonds. The molecule has 0 spiro atoms. The molecule has 6 heteroatoms. The highest BCUT2D eigenvalue weighted by Gasteiger charge is 2.44. The molecule has 0 aliphatic carbocycles. The summed E-state index contributed by atoms with van der Waals surface area (Å²) in [5.74, 6) is -0.869. The topological polar surface area (TPSA) is 66.8 Å². The van der Waals surface area contributed by atoms with Crippen molar-refractivity contribution in [1.29, 1.82) is 0 Å². The number of carboxylic acid groups (broad SMARTS) is 1. The molecule has 1 aromatic rings. The summed E-state index contributed by atoms with van der Waals surface area (Å²) in [4.78, 5) is 25.9. The van der Waals surface area contributed by atoms with Gasteiger partial charge >= 0.3 is 12.1 Å². The SMILES string of the molecule is CC(C)(C)OC(=O)N1CCCC(Cc2ccccc2Br)(C(=O)O)C1. The van der Waals surface area contributed by atoms with E-state index in [-0.39, 0.29) is 6.54 Å². The third-order valence-corrected chi connectivity index (χ3v) is 4.94. The number of rotatable bonds is 3. The summed E-state index contributed by atoms with van der Waals surface area (Å²) in [6.07, 6.45) is 1.13. The van der Waals surface area contributed by atoms with Crippen LogP contribution in [0.2, 0.25) is 0 Å². The van der Waals surface area contributed by atoms with Gasteiger partial charge in [-0.25, -0.2) is 4.79 Å². The quantitative estimate of drug-likeness (QED) is 0.833. The highest BCUT2D eigenvalue weighted by Crippen LogP contribution is 2.36. The summed E-state index contributed by atoms with van der Waals surface area (Å²) in [7, 11) is 0. The van der Waals surface area contributed by atoms with Crippen LogP contribution in [0.25, 0.3) is 0 Å². The van der Waals surface area contributed by atoms with Crippen LogP contribution < -0.4 is 0 Å². The minimum absolute atomic E-state index is 0.165. The maximum Gasteiger partial charge on any atom is 0.410 e. The van der Waals surface area contributed by atoms with E-state index in [0.29, 0.717) is 25.8 Å². The molecular formula is C18H24BrNO4. The molecule has 0 aromatic heterocycles. The number of nitrogens with zero attached hydrogens (tertiary/aromatic N) is 1. The van der Waals surface area contributed by atoms with E-state index in [9.17, 15) is 14.7 Å². The first-order valence-electron chi connectivity index (χ1n) is 8.08. The second-order valence-electron chi connectivity index (χ2n) is 7.36. The molecular weight excluding hydrogens is 374 g/mol. The Balaban J connectivity index is 2.21. The average Bonchev–Trinajstić information content (AvgIpc) is 2.48. The van der Waals surface area contributed by atoms with Gasteiger partial charge in [-0.15, -0.1) is 0 Å². The van der Waals surface area contributed by atoms with Crippen LogP contribution >= 0.6 is 15.9 Å². The van der Waals surface area contributed by atoms with Crippen LogP contribution in [0.3, 0.4) is 0 Å². The number of ether oxygens (including phenoxy) is 1. The molecule has 1 aliphatic heterocycles. The molecule has 1 saturated heterocycles. The number of carboxylic acids is 1. The van der Waals surface area contributed by atoms with Gasteiger partial charge in [0.1, 0.15) is 5.60 Å². The van der Waals surface area contributed by atoms with Crippen LogP contribution in [0, 0.1) is 5.41 Å². The van der Waals surface area contributed by atoms with E-state index in [2.05, 4.69) is 15.9 Å². The Kier molecular flexibility index (Phi) is 5.58. The van der Waals surface area contributed by atoms with Gasteiger partial charge in [-0.05, 0) is 51.7 Å². The van der Waals surface area contributed by atoms with Gasteiger partial charge in [-0.3, -0.25) is 4.79 Å². The Morgan fingerprint density at radius 3 is 2.58 bits per heavy atom. The number of hydrogen-bond donors (Lipinski definition) is 1. The highest BCUT2D eigenvalue weighted by atomic mass is 79.9. The zero-order valence-corrected chi connectivity index (χ0v) is 15.9. The first kappa shape index (κ1) is 18.8. The maximum atomic E-state index is 12.3. The zero-order valence-electron chi connectivity index (χ0n) is 14.3. The van der Waals surface area contributed by atoms with Crippen molar-refractivity contribution in [3.63, 3.8) is 0 Å². The lowest BCUT2D eigenvalue weighted by Gasteiger charge is -2.40. The maximum absolute atomic E-state index is 12.3. The second-order valence-corrected chi connectivity index (χ2v) is 8.21. The van der Waals surface area contributed by atoms with Gasteiger partial charge in [-0.1, -0.05) is 34.1 Å². The van der Waals surface area contributed by atoms with Gasteiger partial charge in [0.2, 0.25) is 0 Å². The van der Waals surface area contributed by atoms with Gasteiger partial charge in [0.15, 0.2) is 0 Å². The van der Waals surface area contributed by atoms with Crippen molar-refractivity contribution in [2.24, 2.45) is 5.41 Å². The van der Waals surface area contributed by atoms with Crippen LogP contribution in [-0.2, 0) is 16.0 Å². The number of halogens is 1. The van der Waals surface area contributed by atoms with Crippen molar-refractivity contribution in [3.8, 4) is 0 Å². The lowest BCUT2D eigenvalue weighted by atomic mass is 9.75. The highest BCUT2D eigenvalue weighted by molar-refractivity contribution is 9.10. The molecule has 1 N–H and O–H groups in total. The van der Waals surface area contributed by atoms with E-state index in [1.807, 2.05) is 24.3 Å². The van der Waals surface area contributed by atoms with E-state index in [4.69, 9.17) is 4.74 Å².